The third kappa shape index (κ3) is 5.22. The Kier molecular flexibility index (Phi) is 6.31. The molecule has 1 aliphatic heterocycles. The van der Waals surface area contributed by atoms with Crippen molar-refractivity contribution in [2.75, 3.05) is 26.3 Å². The Labute approximate surface area is 123 Å². The highest BCUT2D eigenvalue weighted by Gasteiger charge is 2.19. The highest BCUT2D eigenvalue weighted by Crippen LogP contribution is 2.18. The zero-order valence-electron chi connectivity index (χ0n) is 11.2. The molecule has 0 unspecified atom stereocenters. The molecule has 19 heavy (non-hydrogen) atoms. The van der Waals surface area contributed by atoms with Gasteiger partial charge in [0.2, 0.25) is 0 Å². The van der Waals surface area contributed by atoms with E-state index in [1.165, 1.54) is 5.56 Å². The van der Waals surface area contributed by atoms with Crippen molar-refractivity contribution in [1.82, 2.24) is 4.90 Å². The number of aliphatic hydroxyl groups excluding tert-OH is 1. The average molecular weight is 328 g/mol. The number of likely N-dealkylation sites (tertiary alicyclic amines) is 1. The van der Waals surface area contributed by atoms with Gasteiger partial charge in [0.05, 0.1) is 6.10 Å². The Morgan fingerprint density at radius 2 is 2.11 bits per heavy atom. The van der Waals surface area contributed by atoms with Crippen molar-refractivity contribution in [2.24, 2.45) is 0 Å². The number of hydrogen-bond donors (Lipinski definition) is 1. The van der Waals surface area contributed by atoms with Gasteiger partial charge in [0, 0.05) is 37.3 Å². The van der Waals surface area contributed by atoms with E-state index in [2.05, 4.69) is 45.1 Å². The highest BCUT2D eigenvalue weighted by molar-refractivity contribution is 9.10. The van der Waals surface area contributed by atoms with E-state index < -0.39 is 0 Å². The van der Waals surface area contributed by atoms with Gasteiger partial charge in [-0.05, 0) is 37.0 Å². The topological polar surface area (TPSA) is 32.7 Å². The van der Waals surface area contributed by atoms with Crippen molar-refractivity contribution in [1.29, 1.82) is 0 Å². The molecule has 3 nitrogen and oxygen atoms in total. The van der Waals surface area contributed by atoms with Gasteiger partial charge in [-0.25, -0.2) is 0 Å². The highest BCUT2D eigenvalue weighted by atomic mass is 79.9. The van der Waals surface area contributed by atoms with E-state index in [0.29, 0.717) is 12.7 Å². The van der Waals surface area contributed by atoms with Crippen molar-refractivity contribution in [3.05, 3.63) is 34.3 Å². The molecule has 1 fully saturated rings. The number of benzene rings is 1. The van der Waals surface area contributed by atoms with E-state index in [1.54, 1.807) is 0 Å². The summed E-state index contributed by atoms with van der Waals surface area (Å²) in [6.45, 7) is 4.12. The van der Waals surface area contributed by atoms with Gasteiger partial charge in [-0.1, -0.05) is 28.1 Å². The zero-order valence-corrected chi connectivity index (χ0v) is 12.8. The van der Waals surface area contributed by atoms with Crippen LogP contribution >= 0.6 is 15.9 Å². The summed E-state index contributed by atoms with van der Waals surface area (Å²) in [6, 6.07) is 8.51. The van der Waals surface area contributed by atoms with Crippen LogP contribution in [-0.4, -0.2) is 42.4 Å². The summed E-state index contributed by atoms with van der Waals surface area (Å²) in [4.78, 5) is 2.48. The molecule has 0 amide bonds. The Hall–Kier alpha value is -0.420. The van der Waals surface area contributed by atoms with Crippen molar-refractivity contribution >= 4 is 15.9 Å². The summed E-state index contributed by atoms with van der Waals surface area (Å²) in [5.41, 5.74) is 1.36. The fourth-order valence-corrected chi connectivity index (χ4v) is 2.89. The van der Waals surface area contributed by atoms with Crippen LogP contribution in [0.3, 0.4) is 0 Å². The first-order valence-electron chi connectivity index (χ1n) is 6.97. The summed E-state index contributed by atoms with van der Waals surface area (Å²) < 4.78 is 6.89. The summed E-state index contributed by atoms with van der Waals surface area (Å²) in [6.07, 6.45) is 3.32. The second-order valence-electron chi connectivity index (χ2n) is 5.05. The van der Waals surface area contributed by atoms with Crippen LogP contribution in [-0.2, 0) is 11.3 Å². The maximum absolute atomic E-state index is 8.73. The van der Waals surface area contributed by atoms with E-state index in [4.69, 9.17) is 9.84 Å². The molecule has 0 spiro atoms. The van der Waals surface area contributed by atoms with E-state index >= 15 is 0 Å². The number of halogens is 1. The molecule has 1 aliphatic rings. The number of hydrogen-bond acceptors (Lipinski definition) is 3. The maximum atomic E-state index is 8.73. The van der Waals surface area contributed by atoms with Crippen molar-refractivity contribution < 1.29 is 9.84 Å². The van der Waals surface area contributed by atoms with Gasteiger partial charge in [-0.2, -0.15) is 0 Å². The number of rotatable bonds is 6. The van der Waals surface area contributed by atoms with Gasteiger partial charge in [-0.3, -0.25) is 4.90 Å². The largest absolute Gasteiger partial charge is 0.396 e. The van der Waals surface area contributed by atoms with Crippen LogP contribution in [0.4, 0.5) is 0 Å². The van der Waals surface area contributed by atoms with Crippen LogP contribution in [0.5, 0.6) is 0 Å². The first kappa shape index (κ1) is 15.0. The van der Waals surface area contributed by atoms with E-state index in [0.717, 1.165) is 43.4 Å². The number of aliphatic hydroxyl groups is 1. The molecule has 0 atom stereocenters. The predicted molar refractivity (Wildman–Crippen MR) is 80.1 cm³/mol. The summed E-state index contributed by atoms with van der Waals surface area (Å²) in [5.74, 6) is 0. The Bertz CT molecular complexity index is 378. The molecule has 1 aromatic carbocycles. The SMILES string of the molecule is OCCCOC1CCN(Cc2cccc(Br)c2)CC1. The standard InChI is InChI=1S/C15H22BrNO2/c16-14-4-1-3-13(11-14)12-17-7-5-15(6-8-17)19-10-2-9-18/h1,3-4,11,15,18H,2,5-10,12H2. The first-order chi connectivity index (χ1) is 9.28. The van der Waals surface area contributed by atoms with Crippen LogP contribution in [0.2, 0.25) is 0 Å². The molecule has 106 valence electrons. The lowest BCUT2D eigenvalue weighted by molar-refractivity contribution is 0.000783. The van der Waals surface area contributed by atoms with Gasteiger partial charge >= 0.3 is 0 Å². The van der Waals surface area contributed by atoms with Crippen molar-refractivity contribution in [3.8, 4) is 0 Å². The Balaban J connectivity index is 1.71. The minimum atomic E-state index is 0.224. The number of ether oxygens (including phenoxy) is 1. The van der Waals surface area contributed by atoms with Gasteiger partial charge in [0.15, 0.2) is 0 Å². The molecular formula is C15H22BrNO2. The lowest BCUT2D eigenvalue weighted by Crippen LogP contribution is -2.36. The van der Waals surface area contributed by atoms with Crippen LogP contribution in [0.15, 0.2) is 28.7 Å². The number of piperidine rings is 1. The van der Waals surface area contributed by atoms with E-state index in [1.807, 2.05) is 0 Å². The van der Waals surface area contributed by atoms with Gasteiger partial charge in [0.1, 0.15) is 0 Å². The Morgan fingerprint density at radius 1 is 1.32 bits per heavy atom. The molecule has 0 radical (unpaired) electrons. The zero-order chi connectivity index (χ0) is 13.5. The minimum Gasteiger partial charge on any atom is -0.396 e. The third-order valence-electron chi connectivity index (χ3n) is 3.49. The average Bonchev–Trinajstić information content (AvgIpc) is 2.41. The molecule has 0 aromatic heterocycles. The van der Waals surface area contributed by atoms with Gasteiger partial charge < -0.3 is 9.84 Å². The molecule has 0 saturated carbocycles. The van der Waals surface area contributed by atoms with Crippen LogP contribution in [0, 0.1) is 0 Å². The van der Waals surface area contributed by atoms with Crippen molar-refractivity contribution in [2.45, 2.75) is 31.9 Å². The second-order valence-corrected chi connectivity index (χ2v) is 5.97. The smallest absolute Gasteiger partial charge is 0.0599 e. The van der Waals surface area contributed by atoms with Crippen LogP contribution < -0.4 is 0 Å². The second kappa shape index (κ2) is 8.00. The molecule has 4 heteroatoms. The monoisotopic (exact) mass is 327 g/mol. The summed E-state index contributed by atoms with van der Waals surface area (Å²) in [5, 5.41) is 8.73. The lowest BCUT2D eigenvalue weighted by atomic mass is 10.1. The fourth-order valence-electron chi connectivity index (χ4n) is 2.44. The molecule has 1 heterocycles. The van der Waals surface area contributed by atoms with E-state index in [9.17, 15) is 0 Å². The Morgan fingerprint density at radius 3 is 2.79 bits per heavy atom. The fraction of sp³-hybridized carbons (Fsp3) is 0.600. The first-order valence-corrected chi connectivity index (χ1v) is 7.76. The molecule has 1 aromatic rings. The molecule has 0 bridgehead atoms. The van der Waals surface area contributed by atoms with Gasteiger partial charge in [-0.15, -0.1) is 0 Å². The lowest BCUT2D eigenvalue weighted by Gasteiger charge is -2.31. The molecule has 2 rings (SSSR count). The third-order valence-corrected chi connectivity index (χ3v) is 3.98. The molecular weight excluding hydrogens is 306 g/mol. The minimum absolute atomic E-state index is 0.224. The molecule has 0 aliphatic carbocycles. The quantitative estimate of drug-likeness (QED) is 0.815. The molecule has 1 N–H and O–H groups in total. The normalized spacial score (nSPS) is 17.8. The van der Waals surface area contributed by atoms with Crippen LogP contribution in [0.25, 0.3) is 0 Å². The number of nitrogens with zero attached hydrogens (tertiary/aromatic N) is 1. The summed E-state index contributed by atoms with van der Waals surface area (Å²) >= 11 is 3.51. The van der Waals surface area contributed by atoms with Crippen LogP contribution in [0.1, 0.15) is 24.8 Å². The maximum Gasteiger partial charge on any atom is 0.0599 e. The van der Waals surface area contributed by atoms with E-state index in [-0.39, 0.29) is 6.61 Å². The summed E-state index contributed by atoms with van der Waals surface area (Å²) in [7, 11) is 0. The predicted octanol–water partition coefficient (Wildman–Crippen LogP) is 2.81. The molecule has 1 saturated heterocycles. The van der Waals surface area contributed by atoms with Crippen molar-refractivity contribution in [3.63, 3.8) is 0 Å². The van der Waals surface area contributed by atoms with Gasteiger partial charge in [0.25, 0.3) is 0 Å².